The molecule has 88 valence electrons. The van der Waals surface area contributed by atoms with Crippen LogP contribution in [0.5, 0.6) is 0 Å². The lowest BCUT2D eigenvalue weighted by atomic mass is 9.69. The zero-order valence-corrected chi connectivity index (χ0v) is 9.99. The summed E-state index contributed by atoms with van der Waals surface area (Å²) in [6, 6.07) is 0. The van der Waals surface area contributed by atoms with Crippen molar-refractivity contribution >= 4 is 17.5 Å². The van der Waals surface area contributed by atoms with Gasteiger partial charge in [-0.25, -0.2) is 0 Å². The van der Waals surface area contributed by atoms with Gasteiger partial charge in [0.1, 0.15) is 6.10 Å². The highest BCUT2D eigenvalue weighted by molar-refractivity contribution is 6.43. The van der Waals surface area contributed by atoms with E-state index >= 15 is 0 Å². The lowest BCUT2D eigenvalue weighted by Crippen LogP contribution is -2.45. The van der Waals surface area contributed by atoms with Gasteiger partial charge in [-0.15, -0.1) is 0 Å². The van der Waals surface area contributed by atoms with Crippen molar-refractivity contribution in [2.24, 2.45) is 16.7 Å². The van der Waals surface area contributed by atoms with Crippen molar-refractivity contribution in [2.75, 3.05) is 0 Å². The molecule has 2 fully saturated rings. The monoisotopic (exact) mass is 224 g/mol. The van der Waals surface area contributed by atoms with Gasteiger partial charge in [0, 0.05) is 12.8 Å². The maximum atomic E-state index is 12.0. The molecule has 2 saturated carbocycles. The molecule has 0 heterocycles. The molecular formula is C12H16O4. The second-order valence-corrected chi connectivity index (χ2v) is 5.50. The van der Waals surface area contributed by atoms with E-state index in [-0.39, 0.29) is 17.5 Å². The Morgan fingerprint density at radius 1 is 1.31 bits per heavy atom. The number of fused-ring (bicyclic) bond motifs is 2. The van der Waals surface area contributed by atoms with Gasteiger partial charge in [0.05, 0.1) is 5.41 Å². The Labute approximate surface area is 94.3 Å². The molecule has 0 radical (unpaired) electrons. The van der Waals surface area contributed by atoms with Gasteiger partial charge in [-0.3, -0.25) is 14.4 Å². The van der Waals surface area contributed by atoms with Crippen LogP contribution in [0.3, 0.4) is 0 Å². The van der Waals surface area contributed by atoms with E-state index in [1.54, 1.807) is 6.92 Å². The van der Waals surface area contributed by atoms with Crippen LogP contribution in [0, 0.1) is 16.7 Å². The van der Waals surface area contributed by atoms with E-state index in [1.807, 2.05) is 13.8 Å². The van der Waals surface area contributed by atoms with Crippen molar-refractivity contribution in [3.05, 3.63) is 0 Å². The highest BCUT2D eigenvalue weighted by Crippen LogP contribution is 2.62. The van der Waals surface area contributed by atoms with Crippen LogP contribution in [0.25, 0.3) is 0 Å². The average Bonchev–Trinajstić information content (AvgIpc) is 2.41. The molecule has 2 aliphatic carbocycles. The van der Waals surface area contributed by atoms with Crippen LogP contribution in [0.15, 0.2) is 0 Å². The molecule has 0 spiro atoms. The summed E-state index contributed by atoms with van der Waals surface area (Å²) in [5, 5.41) is 0. The molecule has 0 aromatic rings. The first-order valence-electron chi connectivity index (χ1n) is 5.48. The van der Waals surface area contributed by atoms with Crippen LogP contribution in [-0.2, 0) is 19.1 Å². The normalized spacial score (nSPS) is 40.2. The number of Topliss-reactive ketones (excluding diaryl/α,β-unsaturated/α-hetero) is 2. The Hall–Kier alpha value is -1.19. The molecule has 2 bridgehead atoms. The zero-order valence-electron chi connectivity index (χ0n) is 9.99. The number of carbonyl (C=O) groups is 3. The summed E-state index contributed by atoms with van der Waals surface area (Å²) in [5.41, 5.74) is -1.26. The van der Waals surface area contributed by atoms with Crippen molar-refractivity contribution < 1.29 is 19.1 Å². The summed E-state index contributed by atoms with van der Waals surface area (Å²) in [5.74, 6) is -1.36. The number of ether oxygens (including phenoxy) is 1. The van der Waals surface area contributed by atoms with Gasteiger partial charge >= 0.3 is 5.97 Å². The second kappa shape index (κ2) is 2.93. The molecule has 0 saturated heterocycles. The number of hydrogen-bond acceptors (Lipinski definition) is 4. The van der Waals surface area contributed by atoms with Crippen molar-refractivity contribution in [3.8, 4) is 0 Å². The minimum absolute atomic E-state index is 0.295. The van der Waals surface area contributed by atoms with Crippen LogP contribution < -0.4 is 0 Å². The Balaban J connectivity index is 2.43. The molecule has 0 aliphatic heterocycles. The molecule has 2 rings (SSSR count). The molecule has 3 atom stereocenters. The van der Waals surface area contributed by atoms with E-state index in [2.05, 4.69) is 0 Å². The summed E-state index contributed by atoms with van der Waals surface area (Å²) < 4.78 is 5.19. The van der Waals surface area contributed by atoms with Gasteiger partial charge in [0.2, 0.25) is 11.6 Å². The minimum atomic E-state index is -0.847. The fourth-order valence-corrected chi connectivity index (χ4v) is 3.18. The van der Waals surface area contributed by atoms with E-state index in [0.29, 0.717) is 6.42 Å². The van der Waals surface area contributed by atoms with Gasteiger partial charge in [-0.2, -0.15) is 0 Å². The summed E-state index contributed by atoms with van der Waals surface area (Å²) >= 11 is 0. The Morgan fingerprint density at radius 2 is 1.88 bits per heavy atom. The van der Waals surface area contributed by atoms with Crippen molar-refractivity contribution in [1.82, 2.24) is 0 Å². The molecule has 4 heteroatoms. The Morgan fingerprint density at radius 3 is 2.25 bits per heavy atom. The van der Waals surface area contributed by atoms with E-state index in [0.717, 1.165) is 0 Å². The molecule has 16 heavy (non-hydrogen) atoms. The summed E-state index contributed by atoms with van der Waals surface area (Å²) in [7, 11) is 0. The molecule has 0 amide bonds. The Bertz CT molecular complexity index is 396. The maximum Gasteiger partial charge on any atom is 0.302 e. The molecule has 0 N–H and O–H groups in total. The molecular weight excluding hydrogens is 208 g/mol. The van der Waals surface area contributed by atoms with Crippen molar-refractivity contribution in [2.45, 2.75) is 40.2 Å². The predicted octanol–water partition coefficient (Wildman–Crippen LogP) is 1.12. The smallest absolute Gasteiger partial charge is 0.302 e. The van der Waals surface area contributed by atoms with Crippen LogP contribution in [0.4, 0.5) is 0 Å². The van der Waals surface area contributed by atoms with E-state index in [1.165, 1.54) is 6.92 Å². The molecule has 0 unspecified atom stereocenters. The maximum absolute atomic E-state index is 12.0. The van der Waals surface area contributed by atoms with Gasteiger partial charge in [0.15, 0.2) is 0 Å². The second-order valence-electron chi connectivity index (χ2n) is 5.50. The van der Waals surface area contributed by atoms with E-state index in [4.69, 9.17) is 4.74 Å². The van der Waals surface area contributed by atoms with E-state index < -0.39 is 22.9 Å². The third-order valence-corrected chi connectivity index (χ3v) is 4.62. The lowest BCUT2D eigenvalue weighted by molar-refractivity contribution is -0.160. The number of rotatable bonds is 1. The fraction of sp³-hybridized carbons (Fsp3) is 0.750. The first kappa shape index (κ1) is 11.3. The summed E-state index contributed by atoms with van der Waals surface area (Å²) in [4.78, 5) is 34.7. The summed E-state index contributed by atoms with van der Waals surface area (Å²) in [6.07, 6.45) is 0.0309. The van der Waals surface area contributed by atoms with Crippen LogP contribution in [0.1, 0.15) is 34.1 Å². The standard InChI is InChI=1S/C12H16O4/c1-6(13)16-8-5-7-9(14)10(15)12(8,4)11(7,2)3/h7-8H,5H2,1-4H3/t7-,8-,12+/m0/s1. The minimum Gasteiger partial charge on any atom is -0.461 e. The number of carbonyl (C=O) groups excluding carboxylic acids is 3. The molecule has 4 nitrogen and oxygen atoms in total. The lowest BCUT2D eigenvalue weighted by Gasteiger charge is -2.35. The molecule has 0 aromatic carbocycles. The summed E-state index contributed by atoms with van der Waals surface area (Å²) in [6.45, 7) is 6.89. The highest BCUT2D eigenvalue weighted by atomic mass is 16.5. The topological polar surface area (TPSA) is 60.4 Å². The van der Waals surface area contributed by atoms with Gasteiger partial charge < -0.3 is 4.74 Å². The van der Waals surface area contributed by atoms with Gasteiger partial charge in [-0.1, -0.05) is 13.8 Å². The zero-order chi connectivity index (χ0) is 12.3. The van der Waals surface area contributed by atoms with Crippen LogP contribution in [0.2, 0.25) is 0 Å². The average molecular weight is 224 g/mol. The first-order valence-corrected chi connectivity index (χ1v) is 5.48. The SMILES string of the molecule is CC(=O)O[C@H]1C[C@H]2C(=O)C(=O)[C@]1(C)C2(C)C. The predicted molar refractivity (Wildman–Crippen MR) is 55.6 cm³/mol. The van der Waals surface area contributed by atoms with E-state index in [9.17, 15) is 14.4 Å². The van der Waals surface area contributed by atoms with Crippen LogP contribution >= 0.6 is 0 Å². The Kier molecular flexibility index (Phi) is 2.07. The highest BCUT2D eigenvalue weighted by Gasteiger charge is 2.72. The quantitative estimate of drug-likeness (QED) is 0.494. The third-order valence-electron chi connectivity index (χ3n) is 4.62. The largest absolute Gasteiger partial charge is 0.461 e. The van der Waals surface area contributed by atoms with Gasteiger partial charge in [-0.05, 0) is 18.8 Å². The molecule has 0 aromatic heterocycles. The van der Waals surface area contributed by atoms with Gasteiger partial charge in [0.25, 0.3) is 0 Å². The number of ketones is 2. The van der Waals surface area contributed by atoms with Crippen LogP contribution in [-0.4, -0.2) is 23.6 Å². The first-order chi connectivity index (χ1) is 7.23. The number of hydrogen-bond donors (Lipinski definition) is 0. The van der Waals surface area contributed by atoms with Crippen molar-refractivity contribution in [3.63, 3.8) is 0 Å². The fourth-order valence-electron chi connectivity index (χ4n) is 3.18. The molecule has 2 aliphatic rings. The van der Waals surface area contributed by atoms with Crippen molar-refractivity contribution in [1.29, 1.82) is 0 Å². The number of esters is 1. The third kappa shape index (κ3) is 1.02.